The van der Waals surface area contributed by atoms with Gasteiger partial charge in [0.1, 0.15) is 5.82 Å². The van der Waals surface area contributed by atoms with Crippen molar-refractivity contribution in [2.75, 3.05) is 10.8 Å². The predicted molar refractivity (Wildman–Crippen MR) is 85.7 cm³/mol. The first-order chi connectivity index (χ1) is 10.5. The van der Waals surface area contributed by atoms with Crippen LogP contribution in [0.15, 0.2) is 48.5 Å². The fourth-order valence-corrected chi connectivity index (χ4v) is 4.61. The Hall–Kier alpha value is -1.88. The van der Waals surface area contributed by atoms with E-state index in [-0.39, 0.29) is 17.5 Å². The zero-order valence-corrected chi connectivity index (χ0v) is 13.2. The summed E-state index contributed by atoms with van der Waals surface area (Å²) < 4.78 is 40.0. The molecule has 22 heavy (non-hydrogen) atoms. The highest BCUT2D eigenvalue weighted by Gasteiger charge is 2.30. The van der Waals surface area contributed by atoms with Gasteiger partial charge in [0.25, 0.3) is 0 Å². The zero-order valence-electron chi connectivity index (χ0n) is 12.4. The molecule has 0 aliphatic carbocycles. The van der Waals surface area contributed by atoms with Crippen LogP contribution in [0, 0.1) is 11.7 Å². The molecule has 0 spiro atoms. The topological polar surface area (TPSA) is 37.4 Å². The van der Waals surface area contributed by atoms with Crippen molar-refractivity contribution in [2.24, 2.45) is 5.92 Å². The molecule has 5 heteroatoms. The van der Waals surface area contributed by atoms with Gasteiger partial charge in [-0.25, -0.2) is 12.8 Å². The van der Waals surface area contributed by atoms with E-state index in [1.165, 1.54) is 28.6 Å². The molecular formula is C17H18FNO2S. The highest BCUT2D eigenvalue weighted by atomic mass is 32.2. The Kier molecular flexibility index (Phi) is 3.91. The third-order valence-electron chi connectivity index (χ3n) is 3.90. The smallest absolute Gasteiger partial charge is 0.239 e. The molecule has 0 saturated heterocycles. The normalized spacial score (nSPS) is 18.1. The van der Waals surface area contributed by atoms with Gasteiger partial charge in [-0.15, -0.1) is 0 Å². The number of para-hydroxylation sites is 1. The summed E-state index contributed by atoms with van der Waals surface area (Å²) in [4.78, 5) is 0. The summed E-state index contributed by atoms with van der Waals surface area (Å²) in [5.41, 5.74) is 2.42. The average Bonchev–Trinajstić information content (AvgIpc) is 2.48. The van der Waals surface area contributed by atoms with Gasteiger partial charge in [0.2, 0.25) is 10.0 Å². The van der Waals surface area contributed by atoms with Crippen LogP contribution in [0.2, 0.25) is 0 Å². The quantitative estimate of drug-likeness (QED) is 0.870. The van der Waals surface area contributed by atoms with E-state index in [9.17, 15) is 12.8 Å². The second-order valence-electron chi connectivity index (χ2n) is 5.85. The Labute approximate surface area is 130 Å². The fourth-order valence-electron chi connectivity index (χ4n) is 2.88. The van der Waals surface area contributed by atoms with Crippen molar-refractivity contribution >= 4 is 15.7 Å². The molecular weight excluding hydrogens is 301 g/mol. The molecule has 1 heterocycles. The van der Waals surface area contributed by atoms with Crippen molar-refractivity contribution < 1.29 is 12.8 Å². The molecule has 0 saturated carbocycles. The lowest BCUT2D eigenvalue weighted by atomic mass is 9.96. The molecule has 0 N–H and O–H groups in total. The molecule has 0 fully saturated rings. The van der Waals surface area contributed by atoms with Crippen LogP contribution in [0.3, 0.4) is 0 Å². The summed E-state index contributed by atoms with van der Waals surface area (Å²) in [7, 11) is -3.48. The minimum absolute atomic E-state index is 0.117. The third kappa shape index (κ3) is 2.99. The molecule has 2 aromatic carbocycles. The minimum Gasteiger partial charge on any atom is -0.269 e. The second kappa shape index (κ2) is 5.72. The molecule has 0 bridgehead atoms. The van der Waals surface area contributed by atoms with Gasteiger partial charge in [-0.2, -0.15) is 0 Å². The van der Waals surface area contributed by atoms with Crippen LogP contribution >= 0.6 is 0 Å². The second-order valence-corrected chi connectivity index (χ2v) is 7.75. The monoisotopic (exact) mass is 319 g/mol. The summed E-state index contributed by atoms with van der Waals surface area (Å²) in [5.74, 6) is -0.204. The highest BCUT2D eigenvalue weighted by molar-refractivity contribution is 7.92. The molecule has 1 atom stereocenters. The summed E-state index contributed by atoms with van der Waals surface area (Å²) in [6.45, 7) is 2.54. The summed E-state index contributed by atoms with van der Waals surface area (Å²) >= 11 is 0. The van der Waals surface area contributed by atoms with E-state index >= 15 is 0 Å². The Morgan fingerprint density at radius 2 is 1.82 bits per heavy atom. The molecule has 1 aliphatic rings. The summed E-state index contributed by atoms with van der Waals surface area (Å²) in [6, 6.07) is 13.2. The van der Waals surface area contributed by atoms with Crippen molar-refractivity contribution in [3.8, 4) is 0 Å². The predicted octanol–water partition coefficient (Wildman–Crippen LogP) is 3.35. The fraction of sp³-hybridized carbons (Fsp3) is 0.294. The lowest BCUT2D eigenvalue weighted by Gasteiger charge is -2.34. The average molecular weight is 319 g/mol. The Bertz CT molecular complexity index is 772. The van der Waals surface area contributed by atoms with Crippen LogP contribution in [-0.4, -0.2) is 15.0 Å². The number of fused-ring (bicyclic) bond motifs is 1. The lowest BCUT2D eigenvalue weighted by molar-refractivity contribution is 0.544. The van der Waals surface area contributed by atoms with Gasteiger partial charge >= 0.3 is 0 Å². The molecule has 0 amide bonds. The molecule has 0 aromatic heterocycles. The van der Waals surface area contributed by atoms with E-state index in [1.54, 1.807) is 0 Å². The van der Waals surface area contributed by atoms with Crippen molar-refractivity contribution in [3.63, 3.8) is 0 Å². The van der Waals surface area contributed by atoms with Gasteiger partial charge in [0.15, 0.2) is 0 Å². The number of sulfonamides is 1. The molecule has 3 rings (SSSR count). The largest absolute Gasteiger partial charge is 0.269 e. The Morgan fingerprint density at radius 1 is 1.14 bits per heavy atom. The highest BCUT2D eigenvalue weighted by Crippen LogP contribution is 2.32. The number of nitrogens with zero attached hydrogens (tertiary/aromatic N) is 1. The number of hydrogen-bond donors (Lipinski definition) is 0. The van der Waals surface area contributed by atoms with Gasteiger partial charge in [-0.05, 0) is 41.7 Å². The van der Waals surface area contributed by atoms with Gasteiger partial charge in [0, 0.05) is 6.54 Å². The molecule has 0 radical (unpaired) electrons. The van der Waals surface area contributed by atoms with Crippen LogP contribution in [0.1, 0.15) is 18.1 Å². The SMILES string of the molecule is CC1Cc2ccccc2N(S(=O)(=O)Cc2ccc(F)cc2)C1. The lowest BCUT2D eigenvalue weighted by Crippen LogP contribution is -2.39. The van der Waals surface area contributed by atoms with Crippen molar-refractivity contribution in [1.29, 1.82) is 0 Å². The molecule has 1 unspecified atom stereocenters. The van der Waals surface area contributed by atoms with Crippen molar-refractivity contribution in [3.05, 3.63) is 65.5 Å². The number of anilines is 1. The maximum Gasteiger partial charge on any atom is 0.239 e. The van der Waals surface area contributed by atoms with Crippen molar-refractivity contribution in [2.45, 2.75) is 19.1 Å². The zero-order chi connectivity index (χ0) is 15.7. The maximum atomic E-state index is 13.0. The Morgan fingerprint density at radius 3 is 2.55 bits per heavy atom. The van der Waals surface area contributed by atoms with Crippen LogP contribution < -0.4 is 4.31 Å². The number of hydrogen-bond acceptors (Lipinski definition) is 2. The first-order valence-corrected chi connectivity index (χ1v) is 8.89. The summed E-state index contributed by atoms with van der Waals surface area (Å²) in [6.07, 6.45) is 0.888. The van der Waals surface area contributed by atoms with E-state index in [0.29, 0.717) is 12.1 Å². The van der Waals surface area contributed by atoms with Crippen LogP contribution in [-0.2, 0) is 22.2 Å². The first kappa shape index (κ1) is 15.0. The number of benzene rings is 2. The number of rotatable bonds is 3. The van der Waals surface area contributed by atoms with Gasteiger partial charge in [-0.1, -0.05) is 37.3 Å². The molecule has 116 valence electrons. The van der Waals surface area contributed by atoms with Crippen LogP contribution in [0.4, 0.5) is 10.1 Å². The van der Waals surface area contributed by atoms with E-state index in [1.807, 2.05) is 24.3 Å². The van der Waals surface area contributed by atoms with E-state index in [4.69, 9.17) is 0 Å². The van der Waals surface area contributed by atoms with Gasteiger partial charge in [-0.3, -0.25) is 4.31 Å². The maximum absolute atomic E-state index is 13.0. The molecule has 3 nitrogen and oxygen atoms in total. The van der Waals surface area contributed by atoms with E-state index in [0.717, 1.165) is 17.7 Å². The third-order valence-corrected chi connectivity index (χ3v) is 5.62. The van der Waals surface area contributed by atoms with Crippen LogP contribution in [0.25, 0.3) is 0 Å². The number of halogens is 1. The summed E-state index contributed by atoms with van der Waals surface area (Å²) in [5, 5.41) is 0. The molecule has 2 aromatic rings. The molecule has 1 aliphatic heterocycles. The Balaban J connectivity index is 1.93. The van der Waals surface area contributed by atoms with Crippen molar-refractivity contribution in [1.82, 2.24) is 0 Å². The standard InChI is InChI=1S/C17H18FNO2S/c1-13-10-15-4-2-3-5-17(15)19(11-13)22(20,21)12-14-6-8-16(18)9-7-14/h2-9,13H,10-12H2,1H3. The minimum atomic E-state index is -3.48. The van der Waals surface area contributed by atoms with Crippen LogP contribution in [0.5, 0.6) is 0 Å². The van der Waals surface area contributed by atoms with E-state index < -0.39 is 10.0 Å². The van der Waals surface area contributed by atoms with Gasteiger partial charge in [0.05, 0.1) is 11.4 Å². The van der Waals surface area contributed by atoms with E-state index in [2.05, 4.69) is 6.92 Å². The first-order valence-electron chi connectivity index (χ1n) is 7.28. The van der Waals surface area contributed by atoms with Gasteiger partial charge < -0.3 is 0 Å².